The molecule has 146 valence electrons. The van der Waals surface area contributed by atoms with Crippen LogP contribution >= 0.6 is 0 Å². The molecule has 1 aliphatic carbocycles. The van der Waals surface area contributed by atoms with E-state index in [1.54, 1.807) is 0 Å². The molecule has 0 bridgehead atoms. The molecule has 1 aromatic rings. The van der Waals surface area contributed by atoms with E-state index >= 15 is 0 Å². The lowest BCUT2D eigenvalue weighted by molar-refractivity contribution is -0.132. The lowest BCUT2D eigenvalue weighted by Gasteiger charge is -2.20. The van der Waals surface area contributed by atoms with Crippen LogP contribution in [-0.4, -0.2) is 57.6 Å². The van der Waals surface area contributed by atoms with Crippen molar-refractivity contribution in [3.05, 3.63) is 40.0 Å². The summed E-state index contributed by atoms with van der Waals surface area (Å²) < 4.78 is 15.8. The van der Waals surface area contributed by atoms with Gasteiger partial charge in [0, 0.05) is 18.8 Å². The smallest absolute Gasteiger partial charge is 0.291 e. The van der Waals surface area contributed by atoms with Gasteiger partial charge in [0.25, 0.3) is 5.95 Å². The third-order valence-corrected chi connectivity index (χ3v) is 3.53. The maximum Gasteiger partial charge on any atom is 0.291 e. The van der Waals surface area contributed by atoms with E-state index in [0.717, 1.165) is 12.1 Å². The third-order valence-electron chi connectivity index (χ3n) is 3.53. The average molecular weight is 382 g/mol. The lowest BCUT2D eigenvalue weighted by Crippen LogP contribution is -2.28. The Labute approximate surface area is 152 Å². The quantitative estimate of drug-likeness (QED) is 0.269. The van der Waals surface area contributed by atoms with Gasteiger partial charge in [0.05, 0.1) is 24.4 Å². The molecular weight excluding hydrogens is 364 g/mol. The Balaban J connectivity index is 2.30. The van der Waals surface area contributed by atoms with Gasteiger partial charge in [0.15, 0.2) is 5.76 Å². The predicted octanol–water partition coefficient (Wildman–Crippen LogP) is -0.193. The molecule has 0 spiro atoms. The zero-order valence-electron chi connectivity index (χ0n) is 14.2. The van der Waals surface area contributed by atoms with E-state index in [4.69, 9.17) is 24.1 Å². The van der Waals surface area contributed by atoms with Crippen LogP contribution in [-0.2, 0) is 14.3 Å². The summed E-state index contributed by atoms with van der Waals surface area (Å²) in [4.78, 5) is 34.7. The van der Waals surface area contributed by atoms with E-state index in [2.05, 4.69) is 0 Å². The largest absolute Gasteiger partial charge is 0.507 e. The molecule has 0 amide bonds. The molecule has 0 aliphatic heterocycles. The van der Waals surface area contributed by atoms with Crippen molar-refractivity contribution < 1.29 is 43.9 Å². The zero-order valence-corrected chi connectivity index (χ0v) is 14.2. The molecule has 0 fully saturated rings. The van der Waals surface area contributed by atoms with Crippen molar-refractivity contribution in [3.63, 3.8) is 0 Å². The Bertz CT molecular complexity index is 848. The summed E-state index contributed by atoms with van der Waals surface area (Å²) in [5, 5.41) is 37.8. The van der Waals surface area contributed by atoms with Crippen LogP contribution < -0.4 is 10.2 Å². The number of aromatic hydroxyl groups is 1. The van der Waals surface area contributed by atoms with Crippen molar-refractivity contribution in [3.8, 4) is 11.7 Å². The Morgan fingerprint density at radius 1 is 1.11 bits per heavy atom. The zero-order chi connectivity index (χ0) is 20.1. The molecule has 0 saturated heterocycles. The normalized spacial score (nSPS) is 16.6. The second-order valence-corrected chi connectivity index (χ2v) is 5.56. The van der Waals surface area contributed by atoms with E-state index < -0.39 is 52.6 Å². The summed E-state index contributed by atoms with van der Waals surface area (Å²) in [5.41, 5.74) is -1.28. The summed E-state index contributed by atoms with van der Waals surface area (Å²) in [6, 6.07) is 0.815. The molecule has 4 N–H and O–H groups in total. The Hall–Kier alpha value is -2.95. The van der Waals surface area contributed by atoms with Gasteiger partial charge in [-0.1, -0.05) is 0 Å². The van der Waals surface area contributed by atoms with Crippen LogP contribution in [0.1, 0.15) is 19.1 Å². The minimum Gasteiger partial charge on any atom is -0.507 e. The standard InChI is InChI=1S/C17H18O10/c1-8(25-9(7-19)2-3-18)26-15-6-14(23)16(24)17(27-15)10-4-12(21)13(22)5-11(10)20/h4-6,8-9,18-20,24H,2-3,7H2,1H3. The monoisotopic (exact) mass is 382 g/mol. The van der Waals surface area contributed by atoms with Gasteiger partial charge in [-0.05, 0) is 13.3 Å². The van der Waals surface area contributed by atoms with Crippen LogP contribution in [0, 0.1) is 0 Å². The summed E-state index contributed by atoms with van der Waals surface area (Å²) in [5.74, 6) is -4.46. The van der Waals surface area contributed by atoms with Crippen LogP contribution in [0.25, 0.3) is 5.57 Å². The van der Waals surface area contributed by atoms with E-state index in [1.807, 2.05) is 0 Å². The first-order valence-electron chi connectivity index (χ1n) is 7.89. The molecule has 2 atom stereocenters. The predicted molar refractivity (Wildman–Crippen MR) is 89.1 cm³/mol. The first kappa shape index (κ1) is 20.4. The Morgan fingerprint density at radius 2 is 1.78 bits per heavy atom. The van der Waals surface area contributed by atoms with Crippen molar-refractivity contribution in [1.29, 1.82) is 0 Å². The second kappa shape index (κ2) is 8.62. The first-order valence-corrected chi connectivity index (χ1v) is 7.89. The van der Waals surface area contributed by atoms with Crippen LogP contribution in [0.2, 0.25) is 0 Å². The second-order valence-electron chi connectivity index (χ2n) is 5.56. The van der Waals surface area contributed by atoms with Crippen molar-refractivity contribution in [2.24, 2.45) is 0 Å². The molecule has 27 heavy (non-hydrogen) atoms. The number of aliphatic hydroxyl groups is 3. The van der Waals surface area contributed by atoms with E-state index in [0.29, 0.717) is 6.08 Å². The van der Waals surface area contributed by atoms with Crippen molar-refractivity contribution >= 4 is 17.1 Å². The molecule has 1 aliphatic rings. The summed E-state index contributed by atoms with van der Waals surface area (Å²) >= 11 is 0. The Morgan fingerprint density at radius 3 is 2.41 bits per heavy atom. The van der Waals surface area contributed by atoms with Crippen LogP contribution in [0.15, 0.2) is 33.2 Å². The van der Waals surface area contributed by atoms with Gasteiger partial charge in [-0.3, -0.25) is 14.4 Å². The Kier molecular flexibility index (Phi) is 6.50. The number of hydrogen-bond donors (Lipinski definition) is 4. The van der Waals surface area contributed by atoms with E-state index in [1.165, 1.54) is 6.92 Å². The number of ketones is 2. The first-order chi connectivity index (χ1) is 12.8. The fourth-order valence-electron chi connectivity index (χ4n) is 2.25. The SMILES string of the molecule is CC(Oc1cc(=O)c(O)c(C2=CC(=O)C(=O)C=C2O)o1)OC(CO)CCO. The lowest BCUT2D eigenvalue weighted by atomic mass is 10.0. The molecular formula is C17H18O10. The van der Waals surface area contributed by atoms with Crippen molar-refractivity contribution in [2.45, 2.75) is 25.7 Å². The fourth-order valence-corrected chi connectivity index (χ4v) is 2.25. The highest BCUT2D eigenvalue weighted by Gasteiger charge is 2.26. The van der Waals surface area contributed by atoms with E-state index in [9.17, 15) is 24.6 Å². The molecule has 0 saturated carbocycles. The van der Waals surface area contributed by atoms with Gasteiger partial charge in [-0.2, -0.15) is 0 Å². The summed E-state index contributed by atoms with van der Waals surface area (Å²) in [6.45, 7) is 0.843. The summed E-state index contributed by atoms with van der Waals surface area (Å²) in [6.07, 6.45) is -0.220. The highest BCUT2D eigenvalue weighted by atomic mass is 16.7. The minimum atomic E-state index is -1.01. The molecule has 0 aromatic carbocycles. The maximum atomic E-state index is 11.9. The number of hydrogen-bond acceptors (Lipinski definition) is 10. The number of carbonyl (C=O) groups excluding carboxylic acids is 2. The van der Waals surface area contributed by atoms with Gasteiger partial charge in [0.1, 0.15) is 5.76 Å². The van der Waals surface area contributed by atoms with Crippen LogP contribution in [0.4, 0.5) is 0 Å². The molecule has 1 heterocycles. The summed E-state index contributed by atoms with van der Waals surface area (Å²) in [7, 11) is 0. The van der Waals surface area contributed by atoms with E-state index in [-0.39, 0.29) is 25.2 Å². The van der Waals surface area contributed by atoms with Gasteiger partial charge in [-0.15, -0.1) is 0 Å². The average Bonchev–Trinajstić information content (AvgIpc) is 2.60. The minimum absolute atomic E-state index is 0.149. The van der Waals surface area contributed by atoms with Gasteiger partial charge < -0.3 is 34.3 Å². The van der Waals surface area contributed by atoms with Crippen LogP contribution in [0.5, 0.6) is 11.7 Å². The molecule has 2 unspecified atom stereocenters. The number of aliphatic hydroxyl groups excluding tert-OH is 3. The third kappa shape index (κ3) is 4.82. The number of rotatable bonds is 8. The van der Waals surface area contributed by atoms with Gasteiger partial charge in [-0.25, -0.2) is 0 Å². The van der Waals surface area contributed by atoms with Crippen molar-refractivity contribution in [1.82, 2.24) is 0 Å². The molecule has 1 aromatic heterocycles. The highest BCUT2D eigenvalue weighted by Crippen LogP contribution is 2.32. The van der Waals surface area contributed by atoms with Gasteiger partial charge in [0.2, 0.25) is 29.0 Å². The fraction of sp³-hybridized carbons (Fsp3) is 0.353. The number of carbonyl (C=O) groups is 2. The molecule has 10 nitrogen and oxygen atoms in total. The van der Waals surface area contributed by atoms with Gasteiger partial charge >= 0.3 is 0 Å². The molecule has 0 radical (unpaired) electrons. The topological polar surface area (TPSA) is 164 Å². The van der Waals surface area contributed by atoms with Crippen molar-refractivity contribution in [2.75, 3.05) is 13.2 Å². The molecule has 10 heteroatoms. The van der Waals surface area contributed by atoms with Crippen LogP contribution in [0.3, 0.4) is 0 Å². The highest BCUT2D eigenvalue weighted by molar-refractivity contribution is 6.48. The number of ether oxygens (including phenoxy) is 2. The number of allylic oxidation sites excluding steroid dienone is 3. The maximum absolute atomic E-state index is 11.9. The molecule has 2 rings (SSSR count).